The van der Waals surface area contributed by atoms with Crippen LogP contribution in [0.5, 0.6) is 5.75 Å². The summed E-state index contributed by atoms with van der Waals surface area (Å²) < 4.78 is 20.7. The van der Waals surface area contributed by atoms with E-state index in [2.05, 4.69) is 25.4 Å². The summed E-state index contributed by atoms with van der Waals surface area (Å²) in [6, 6.07) is 15.6. The highest BCUT2D eigenvalue weighted by Gasteiger charge is 2.14. The Balaban J connectivity index is 1.50. The van der Waals surface area contributed by atoms with Crippen molar-refractivity contribution in [3.05, 3.63) is 83.7 Å². The van der Waals surface area contributed by atoms with Crippen LogP contribution in [-0.4, -0.2) is 31.7 Å². The van der Waals surface area contributed by atoms with Gasteiger partial charge in [-0.15, -0.1) is 5.10 Å². The zero-order valence-corrected chi connectivity index (χ0v) is 18.5. The topological polar surface area (TPSA) is 77.2 Å². The van der Waals surface area contributed by atoms with Crippen molar-refractivity contribution in [2.45, 2.75) is 6.92 Å². The number of aryl methyl sites for hydroxylation is 1. The molecule has 164 valence electrons. The molecule has 33 heavy (non-hydrogen) atoms. The van der Waals surface area contributed by atoms with Gasteiger partial charge in [0.2, 0.25) is 5.95 Å². The number of ether oxygens (including phenoxy) is 1. The van der Waals surface area contributed by atoms with Crippen molar-refractivity contribution < 1.29 is 9.13 Å². The van der Waals surface area contributed by atoms with Crippen molar-refractivity contribution >= 4 is 28.9 Å². The van der Waals surface area contributed by atoms with E-state index in [-0.39, 0.29) is 0 Å². The third-order valence-corrected chi connectivity index (χ3v) is 5.43. The van der Waals surface area contributed by atoms with E-state index in [1.54, 1.807) is 23.9 Å². The Morgan fingerprint density at radius 2 is 1.85 bits per heavy atom. The summed E-state index contributed by atoms with van der Waals surface area (Å²) in [5.41, 5.74) is 5.26. The first-order chi connectivity index (χ1) is 16.0. The molecule has 0 aliphatic heterocycles. The third-order valence-electron chi connectivity index (χ3n) is 5.12. The van der Waals surface area contributed by atoms with Crippen molar-refractivity contribution in [3.8, 4) is 28.1 Å². The van der Waals surface area contributed by atoms with Gasteiger partial charge in [0.05, 0.1) is 17.8 Å². The molecule has 0 fully saturated rings. The highest BCUT2D eigenvalue weighted by molar-refractivity contribution is 6.33. The average molecular weight is 461 g/mol. The van der Waals surface area contributed by atoms with E-state index in [1.807, 2.05) is 43.3 Å². The maximum Gasteiger partial charge on any atom is 0.247 e. The van der Waals surface area contributed by atoms with Crippen molar-refractivity contribution in [1.82, 2.24) is 24.6 Å². The first-order valence-corrected chi connectivity index (χ1v) is 10.4. The van der Waals surface area contributed by atoms with Gasteiger partial charge in [-0.3, -0.25) is 0 Å². The van der Waals surface area contributed by atoms with Crippen LogP contribution in [0.3, 0.4) is 0 Å². The van der Waals surface area contributed by atoms with E-state index in [0.717, 1.165) is 28.2 Å². The van der Waals surface area contributed by atoms with E-state index in [0.29, 0.717) is 27.9 Å². The van der Waals surface area contributed by atoms with Gasteiger partial charge in [0.15, 0.2) is 5.65 Å². The van der Waals surface area contributed by atoms with Gasteiger partial charge < -0.3 is 10.1 Å². The largest absolute Gasteiger partial charge is 0.496 e. The van der Waals surface area contributed by atoms with Gasteiger partial charge in [-0.2, -0.15) is 4.98 Å². The highest BCUT2D eigenvalue weighted by atomic mass is 35.5. The molecular formula is C24H18ClFN6O. The lowest BCUT2D eigenvalue weighted by Gasteiger charge is -2.10. The second-order valence-corrected chi connectivity index (χ2v) is 7.74. The number of hydrogen-bond donors (Lipinski definition) is 1. The summed E-state index contributed by atoms with van der Waals surface area (Å²) in [6.07, 6.45) is 3.32. The average Bonchev–Trinajstić information content (AvgIpc) is 3.22. The van der Waals surface area contributed by atoms with E-state index in [1.165, 1.54) is 18.5 Å². The molecule has 0 radical (unpaired) electrons. The van der Waals surface area contributed by atoms with Crippen LogP contribution in [0.25, 0.3) is 28.0 Å². The molecule has 0 aliphatic carbocycles. The first kappa shape index (κ1) is 20.8. The molecule has 2 aromatic carbocycles. The Hall–Kier alpha value is -4.04. The molecule has 0 saturated carbocycles. The minimum absolute atomic E-state index is 0.306. The zero-order valence-electron chi connectivity index (χ0n) is 17.8. The van der Waals surface area contributed by atoms with E-state index >= 15 is 0 Å². The number of anilines is 2. The standard InChI is InChI=1S/C24H18ClFN6O/c1-14-10-21(28-13-27-14)19-8-6-16(12-22(19)33-2)29-24-30-23-18(4-3-9-32(23)31-24)17-7-5-15(26)11-20(17)25/h3-13H,1-2H3,(H,29,31). The molecule has 1 N–H and O–H groups in total. The minimum atomic E-state index is -0.394. The molecule has 0 aliphatic rings. The molecule has 0 atom stereocenters. The van der Waals surface area contributed by atoms with Crippen LogP contribution in [0, 0.1) is 12.7 Å². The molecule has 0 bridgehead atoms. The van der Waals surface area contributed by atoms with Gasteiger partial charge in [-0.25, -0.2) is 18.9 Å². The van der Waals surface area contributed by atoms with Crippen LogP contribution in [0.4, 0.5) is 16.0 Å². The second kappa shape index (κ2) is 8.48. The predicted octanol–water partition coefficient (Wildman–Crippen LogP) is 5.71. The molecule has 0 unspecified atom stereocenters. The van der Waals surface area contributed by atoms with Crippen LogP contribution in [0.1, 0.15) is 5.69 Å². The number of pyridine rings is 1. The Labute approximate surface area is 193 Å². The fourth-order valence-electron chi connectivity index (χ4n) is 3.59. The number of halogens is 2. The Bertz CT molecular complexity index is 1490. The molecule has 3 heterocycles. The number of benzene rings is 2. The minimum Gasteiger partial charge on any atom is -0.496 e. The van der Waals surface area contributed by atoms with Crippen molar-refractivity contribution in [2.24, 2.45) is 0 Å². The number of rotatable bonds is 5. The van der Waals surface area contributed by atoms with Gasteiger partial charge in [-0.05, 0) is 55.5 Å². The monoisotopic (exact) mass is 460 g/mol. The Kier molecular flexibility index (Phi) is 5.35. The molecule has 0 amide bonds. The van der Waals surface area contributed by atoms with Crippen LogP contribution in [-0.2, 0) is 0 Å². The molecule has 5 aromatic rings. The van der Waals surface area contributed by atoms with Gasteiger partial charge in [-0.1, -0.05) is 11.6 Å². The lowest BCUT2D eigenvalue weighted by atomic mass is 10.1. The first-order valence-electron chi connectivity index (χ1n) is 10.1. The fraction of sp³-hybridized carbons (Fsp3) is 0.0833. The second-order valence-electron chi connectivity index (χ2n) is 7.33. The van der Waals surface area contributed by atoms with Gasteiger partial charge >= 0.3 is 0 Å². The van der Waals surface area contributed by atoms with E-state index in [4.69, 9.17) is 16.3 Å². The number of nitrogens with one attached hydrogen (secondary N) is 1. The summed E-state index contributed by atoms with van der Waals surface area (Å²) in [7, 11) is 1.61. The van der Waals surface area contributed by atoms with Crippen molar-refractivity contribution in [3.63, 3.8) is 0 Å². The molecule has 5 rings (SSSR count). The smallest absolute Gasteiger partial charge is 0.247 e. The van der Waals surface area contributed by atoms with Gasteiger partial charge in [0.25, 0.3) is 0 Å². The van der Waals surface area contributed by atoms with Crippen molar-refractivity contribution in [1.29, 1.82) is 0 Å². The van der Waals surface area contributed by atoms with Crippen LogP contribution >= 0.6 is 11.6 Å². The van der Waals surface area contributed by atoms with E-state index < -0.39 is 5.82 Å². The normalized spacial score (nSPS) is 11.0. The quantitative estimate of drug-likeness (QED) is 0.362. The number of hydrogen-bond acceptors (Lipinski definition) is 6. The highest BCUT2D eigenvalue weighted by Crippen LogP contribution is 2.34. The number of aromatic nitrogens is 5. The van der Waals surface area contributed by atoms with Gasteiger partial charge in [0, 0.05) is 40.3 Å². The molecule has 3 aromatic heterocycles. The zero-order chi connectivity index (χ0) is 22.9. The summed E-state index contributed by atoms with van der Waals surface area (Å²) in [4.78, 5) is 13.1. The van der Waals surface area contributed by atoms with Crippen LogP contribution in [0.2, 0.25) is 5.02 Å². The molecule has 9 heteroatoms. The van der Waals surface area contributed by atoms with Crippen LogP contribution in [0.15, 0.2) is 67.1 Å². The maximum atomic E-state index is 13.5. The van der Waals surface area contributed by atoms with Crippen molar-refractivity contribution in [2.75, 3.05) is 12.4 Å². The Morgan fingerprint density at radius 3 is 2.64 bits per heavy atom. The number of nitrogens with zero attached hydrogens (tertiary/aromatic N) is 5. The number of fused-ring (bicyclic) bond motifs is 1. The predicted molar refractivity (Wildman–Crippen MR) is 125 cm³/mol. The SMILES string of the molecule is COc1cc(Nc2nc3c(-c4ccc(F)cc4Cl)cccn3n2)ccc1-c1cc(C)ncn1. The lowest BCUT2D eigenvalue weighted by molar-refractivity contribution is 0.416. The lowest BCUT2D eigenvalue weighted by Crippen LogP contribution is -1.96. The summed E-state index contributed by atoms with van der Waals surface area (Å²) >= 11 is 6.27. The molecular weight excluding hydrogens is 443 g/mol. The maximum absolute atomic E-state index is 13.5. The van der Waals surface area contributed by atoms with Gasteiger partial charge in [0.1, 0.15) is 17.9 Å². The van der Waals surface area contributed by atoms with Crippen LogP contribution < -0.4 is 10.1 Å². The summed E-state index contributed by atoms with van der Waals surface area (Å²) in [5.74, 6) is 0.656. The molecule has 0 saturated heterocycles. The Morgan fingerprint density at radius 1 is 1.00 bits per heavy atom. The molecule has 7 nitrogen and oxygen atoms in total. The summed E-state index contributed by atoms with van der Waals surface area (Å²) in [6.45, 7) is 1.91. The number of methoxy groups -OCH3 is 1. The third kappa shape index (κ3) is 4.08. The fourth-order valence-corrected chi connectivity index (χ4v) is 3.86. The van der Waals surface area contributed by atoms with E-state index in [9.17, 15) is 4.39 Å². The summed E-state index contributed by atoms with van der Waals surface area (Å²) in [5, 5.41) is 8.02. The molecule has 0 spiro atoms.